The number of halogens is 1. The van der Waals surface area contributed by atoms with Crippen molar-refractivity contribution in [1.82, 2.24) is 9.88 Å². The molecule has 1 aromatic heterocycles. The van der Waals surface area contributed by atoms with E-state index in [2.05, 4.69) is 4.98 Å². The normalized spacial score (nSPS) is 13.5. The summed E-state index contributed by atoms with van der Waals surface area (Å²) in [6.07, 6.45) is 0.391. The SMILES string of the molecule is COc1ccc2nc(N(CCN(C)C)C(=O)c3cccc(N4C(=O)CCC4=O)c3)sc2c1.Cl. The second-order valence-corrected chi connectivity index (χ2v) is 8.77. The minimum atomic E-state index is -0.246. The summed E-state index contributed by atoms with van der Waals surface area (Å²) in [5, 5.41) is 0.582. The number of benzene rings is 2. The van der Waals surface area contributed by atoms with Crippen LogP contribution in [0.1, 0.15) is 23.2 Å². The Hall–Kier alpha value is -3.01. The predicted octanol–water partition coefficient (Wildman–Crippen LogP) is 3.59. The number of likely N-dealkylation sites (N-methyl/N-ethyl adjacent to an activating group) is 1. The molecule has 0 atom stereocenters. The predicted molar refractivity (Wildman–Crippen MR) is 132 cm³/mol. The van der Waals surface area contributed by atoms with Crippen LogP contribution in [-0.2, 0) is 9.59 Å². The van der Waals surface area contributed by atoms with Crippen LogP contribution in [0.25, 0.3) is 10.2 Å². The lowest BCUT2D eigenvalue weighted by molar-refractivity contribution is -0.121. The summed E-state index contributed by atoms with van der Waals surface area (Å²) in [6.45, 7) is 1.09. The van der Waals surface area contributed by atoms with E-state index >= 15 is 0 Å². The van der Waals surface area contributed by atoms with Gasteiger partial charge in [-0.2, -0.15) is 0 Å². The average Bonchev–Trinajstić information content (AvgIpc) is 3.35. The van der Waals surface area contributed by atoms with Crippen molar-refractivity contribution in [3.05, 3.63) is 48.0 Å². The second-order valence-electron chi connectivity index (χ2n) is 7.76. The number of aromatic nitrogens is 1. The minimum absolute atomic E-state index is 0. The highest BCUT2D eigenvalue weighted by atomic mass is 35.5. The molecule has 10 heteroatoms. The van der Waals surface area contributed by atoms with Gasteiger partial charge in [-0.25, -0.2) is 4.98 Å². The minimum Gasteiger partial charge on any atom is -0.497 e. The lowest BCUT2D eigenvalue weighted by atomic mass is 10.1. The van der Waals surface area contributed by atoms with E-state index in [4.69, 9.17) is 4.74 Å². The molecular formula is C23H25ClN4O4S. The Bertz CT molecular complexity index is 1180. The van der Waals surface area contributed by atoms with Crippen molar-refractivity contribution in [2.24, 2.45) is 0 Å². The second kappa shape index (κ2) is 10.3. The number of carbonyl (C=O) groups excluding carboxylic acids is 3. The van der Waals surface area contributed by atoms with E-state index in [1.807, 2.05) is 37.2 Å². The summed E-state index contributed by atoms with van der Waals surface area (Å²) in [7, 11) is 5.49. The Kier molecular flexibility index (Phi) is 7.68. The first kappa shape index (κ1) is 24.6. The zero-order valence-electron chi connectivity index (χ0n) is 18.6. The maximum absolute atomic E-state index is 13.5. The van der Waals surface area contributed by atoms with Crippen molar-refractivity contribution in [2.75, 3.05) is 44.1 Å². The molecule has 1 fully saturated rings. The van der Waals surface area contributed by atoms with Crippen LogP contribution in [0.15, 0.2) is 42.5 Å². The van der Waals surface area contributed by atoms with Crippen molar-refractivity contribution in [3.63, 3.8) is 0 Å². The van der Waals surface area contributed by atoms with Crippen molar-refractivity contribution < 1.29 is 19.1 Å². The molecule has 2 heterocycles. The average molecular weight is 489 g/mol. The fourth-order valence-corrected chi connectivity index (χ4v) is 4.54. The fraction of sp³-hybridized carbons (Fsp3) is 0.304. The number of fused-ring (bicyclic) bond motifs is 1. The summed E-state index contributed by atoms with van der Waals surface area (Å²) in [6, 6.07) is 12.3. The number of anilines is 2. The third kappa shape index (κ3) is 5.16. The van der Waals surface area contributed by atoms with Gasteiger partial charge in [0, 0.05) is 31.5 Å². The van der Waals surface area contributed by atoms with Crippen molar-refractivity contribution in [3.8, 4) is 5.75 Å². The first-order chi connectivity index (χ1) is 15.4. The van der Waals surface area contributed by atoms with Crippen LogP contribution in [0.2, 0.25) is 0 Å². The molecule has 2 aromatic carbocycles. The van der Waals surface area contributed by atoms with E-state index in [1.54, 1.807) is 36.3 Å². The number of hydrogen-bond donors (Lipinski definition) is 0. The first-order valence-electron chi connectivity index (χ1n) is 10.2. The lowest BCUT2D eigenvalue weighted by Crippen LogP contribution is -2.37. The van der Waals surface area contributed by atoms with Crippen molar-refractivity contribution >= 4 is 62.5 Å². The van der Waals surface area contributed by atoms with Gasteiger partial charge in [0.2, 0.25) is 11.8 Å². The Balaban J connectivity index is 0.00000306. The largest absolute Gasteiger partial charge is 0.497 e. The van der Waals surface area contributed by atoms with E-state index in [0.29, 0.717) is 29.5 Å². The molecule has 1 aliphatic heterocycles. The van der Waals surface area contributed by atoms with Crippen LogP contribution in [-0.4, -0.2) is 61.9 Å². The van der Waals surface area contributed by atoms with Crippen LogP contribution in [0.5, 0.6) is 5.75 Å². The molecule has 3 aromatic rings. The van der Waals surface area contributed by atoms with Gasteiger partial charge in [-0.3, -0.25) is 24.2 Å². The van der Waals surface area contributed by atoms with Crippen LogP contribution in [0.3, 0.4) is 0 Å². The summed E-state index contributed by atoms with van der Waals surface area (Å²) >= 11 is 1.42. The molecule has 4 rings (SSSR count). The summed E-state index contributed by atoms with van der Waals surface area (Å²) in [5.41, 5.74) is 1.60. The van der Waals surface area contributed by atoms with Gasteiger partial charge in [-0.1, -0.05) is 17.4 Å². The van der Waals surface area contributed by atoms with E-state index in [0.717, 1.165) is 20.9 Å². The number of rotatable bonds is 7. The van der Waals surface area contributed by atoms with Crippen LogP contribution in [0.4, 0.5) is 10.8 Å². The number of carbonyl (C=O) groups is 3. The van der Waals surface area contributed by atoms with Gasteiger partial charge in [0.15, 0.2) is 5.13 Å². The van der Waals surface area contributed by atoms with E-state index < -0.39 is 0 Å². The first-order valence-corrected chi connectivity index (χ1v) is 11.1. The van der Waals surface area contributed by atoms with Gasteiger partial charge >= 0.3 is 0 Å². The molecular weight excluding hydrogens is 464 g/mol. The van der Waals surface area contributed by atoms with E-state index in [9.17, 15) is 14.4 Å². The number of ether oxygens (including phenoxy) is 1. The van der Waals surface area contributed by atoms with Crippen molar-refractivity contribution in [1.29, 1.82) is 0 Å². The van der Waals surface area contributed by atoms with Gasteiger partial charge < -0.3 is 9.64 Å². The fourth-order valence-electron chi connectivity index (χ4n) is 3.52. The van der Waals surface area contributed by atoms with Gasteiger partial charge in [-0.15, -0.1) is 12.4 Å². The monoisotopic (exact) mass is 488 g/mol. The highest BCUT2D eigenvalue weighted by molar-refractivity contribution is 7.22. The highest BCUT2D eigenvalue weighted by Crippen LogP contribution is 2.32. The zero-order valence-corrected chi connectivity index (χ0v) is 20.2. The molecule has 0 unspecified atom stereocenters. The molecule has 3 amide bonds. The maximum Gasteiger partial charge on any atom is 0.260 e. The molecule has 33 heavy (non-hydrogen) atoms. The molecule has 174 valence electrons. The van der Waals surface area contributed by atoms with Gasteiger partial charge in [0.05, 0.1) is 23.0 Å². The zero-order chi connectivity index (χ0) is 22.8. The molecule has 0 saturated carbocycles. The Morgan fingerprint density at radius 1 is 1.09 bits per heavy atom. The molecule has 0 radical (unpaired) electrons. The van der Waals surface area contributed by atoms with Gasteiger partial charge in [0.25, 0.3) is 5.91 Å². The maximum atomic E-state index is 13.5. The number of imide groups is 1. The molecule has 0 aliphatic carbocycles. The molecule has 1 aliphatic rings. The highest BCUT2D eigenvalue weighted by Gasteiger charge is 2.31. The summed E-state index contributed by atoms with van der Waals surface area (Å²) in [4.78, 5) is 47.3. The summed E-state index contributed by atoms with van der Waals surface area (Å²) in [5.74, 6) is -0.00120. The number of amides is 3. The van der Waals surface area contributed by atoms with E-state index in [1.165, 1.54) is 11.3 Å². The number of hydrogen-bond acceptors (Lipinski definition) is 7. The number of nitrogens with zero attached hydrogens (tertiary/aromatic N) is 4. The smallest absolute Gasteiger partial charge is 0.260 e. The standard InChI is InChI=1S/C23H24N4O4S.ClH/c1-25(2)11-12-26(23-24-18-8-7-17(31-3)14-19(18)32-23)22(30)15-5-4-6-16(13-15)27-20(28)9-10-21(27)29;/h4-8,13-14H,9-12H2,1-3H3;1H. The van der Waals surface area contributed by atoms with Gasteiger partial charge in [-0.05, 0) is 50.5 Å². The molecule has 0 bridgehead atoms. The van der Waals surface area contributed by atoms with E-state index in [-0.39, 0.29) is 43.0 Å². The Morgan fingerprint density at radius 3 is 2.48 bits per heavy atom. The van der Waals surface area contributed by atoms with Gasteiger partial charge in [0.1, 0.15) is 5.75 Å². The van der Waals surface area contributed by atoms with Crippen molar-refractivity contribution in [2.45, 2.75) is 12.8 Å². The van der Waals surface area contributed by atoms with Crippen LogP contribution < -0.4 is 14.5 Å². The molecule has 1 saturated heterocycles. The molecule has 0 spiro atoms. The lowest BCUT2D eigenvalue weighted by Gasteiger charge is -2.22. The summed E-state index contributed by atoms with van der Waals surface area (Å²) < 4.78 is 6.22. The topological polar surface area (TPSA) is 83.1 Å². The molecule has 8 nitrogen and oxygen atoms in total. The third-order valence-corrected chi connectivity index (χ3v) is 6.28. The number of methoxy groups -OCH3 is 1. The quantitative estimate of drug-likeness (QED) is 0.473. The van der Waals surface area contributed by atoms with Crippen LogP contribution in [0, 0.1) is 0 Å². The third-order valence-electron chi connectivity index (χ3n) is 5.23. The number of thiazole rings is 1. The molecule has 0 N–H and O–H groups in total. The Labute approximate surface area is 202 Å². The Morgan fingerprint density at radius 2 is 1.82 bits per heavy atom. The van der Waals surface area contributed by atoms with Crippen LogP contribution >= 0.6 is 23.7 Å².